The van der Waals surface area contributed by atoms with Crippen LogP contribution < -0.4 is 15.4 Å². The molecule has 2 N–H and O–H groups in total. The number of methoxy groups -OCH3 is 1. The van der Waals surface area contributed by atoms with Crippen molar-refractivity contribution in [2.45, 2.75) is 45.6 Å². The van der Waals surface area contributed by atoms with Crippen LogP contribution in [0.5, 0.6) is 5.75 Å². The van der Waals surface area contributed by atoms with E-state index < -0.39 is 0 Å². The minimum Gasteiger partial charge on any atom is -0.497 e. The Morgan fingerprint density at radius 3 is 2.68 bits per heavy atom. The Morgan fingerprint density at radius 2 is 1.94 bits per heavy atom. The number of hydrogen-bond acceptors (Lipinski definition) is 3. The first-order valence-electron chi connectivity index (χ1n) is 11.1. The first-order chi connectivity index (χ1) is 15.0. The SMILES string of the molecule is CCCCNC(=O)N1CC(C(=O)Nc2cccc(OC)c2)CCC1c1cccc(C)c1. The zero-order valence-corrected chi connectivity index (χ0v) is 18.7. The fraction of sp³-hybridized carbons (Fsp3) is 0.440. The van der Waals surface area contributed by atoms with E-state index >= 15 is 0 Å². The third-order valence-corrected chi connectivity index (χ3v) is 5.78. The Hall–Kier alpha value is -3.02. The van der Waals surface area contributed by atoms with Crippen molar-refractivity contribution in [2.24, 2.45) is 5.92 Å². The summed E-state index contributed by atoms with van der Waals surface area (Å²) in [6.45, 7) is 5.20. The van der Waals surface area contributed by atoms with Crippen molar-refractivity contribution in [1.82, 2.24) is 10.2 Å². The van der Waals surface area contributed by atoms with Crippen LogP contribution in [0.4, 0.5) is 10.5 Å². The number of likely N-dealkylation sites (tertiary alicyclic amines) is 1. The zero-order chi connectivity index (χ0) is 22.2. The van der Waals surface area contributed by atoms with Gasteiger partial charge in [-0.3, -0.25) is 4.79 Å². The van der Waals surface area contributed by atoms with Crippen LogP contribution in [-0.2, 0) is 4.79 Å². The van der Waals surface area contributed by atoms with Crippen LogP contribution in [0.3, 0.4) is 0 Å². The number of ether oxygens (including phenoxy) is 1. The van der Waals surface area contributed by atoms with Gasteiger partial charge in [0.2, 0.25) is 5.91 Å². The summed E-state index contributed by atoms with van der Waals surface area (Å²) in [4.78, 5) is 27.8. The van der Waals surface area contributed by atoms with Gasteiger partial charge in [0, 0.05) is 24.8 Å². The number of hydrogen-bond donors (Lipinski definition) is 2. The standard InChI is InChI=1S/C25H33N3O3/c1-4-5-14-26-25(30)28-17-20(12-13-23(28)19-9-6-8-18(2)15-19)24(29)27-21-10-7-11-22(16-21)31-3/h6-11,15-16,20,23H,4-5,12-14,17H2,1-3H3,(H,26,30)(H,27,29). The highest BCUT2D eigenvalue weighted by molar-refractivity contribution is 5.93. The first-order valence-corrected chi connectivity index (χ1v) is 11.1. The molecular formula is C25H33N3O3. The van der Waals surface area contributed by atoms with Gasteiger partial charge >= 0.3 is 6.03 Å². The molecule has 0 radical (unpaired) electrons. The molecule has 166 valence electrons. The van der Waals surface area contributed by atoms with Crippen LogP contribution in [0.25, 0.3) is 0 Å². The highest BCUT2D eigenvalue weighted by atomic mass is 16.5. The van der Waals surface area contributed by atoms with Crippen LogP contribution in [-0.4, -0.2) is 37.0 Å². The Labute approximate surface area is 185 Å². The Morgan fingerprint density at radius 1 is 1.13 bits per heavy atom. The second-order valence-corrected chi connectivity index (χ2v) is 8.16. The molecule has 0 saturated carbocycles. The van der Waals surface area contributed by atoms with Crippen LogP contribution in [0.2, 0.25) is 0 Å². The van der Waals surface area contributed by atoms with Crippen molar-refractivity contribution in [3.05, 3.63) is 59.7 Å². The van der Waals surface area contributed by atoms with Gasteiger partial charge in [-0.15, -0.1) is 0 Å². The molecule has 0 aliphatic carbocycles. The highest BCUT2D eigenvalue weighted by Crippen LogP contribution is 2.34. The molecule has 1 saturated heterocycles. The number of nitrogens with one attached hydrogen (secondary N) is 2. The van der Waals surface area contributed by atoms with Gasteiger partial charge in [-0.1, -0.05) is 49.2 Å². The molecular weight excluding hydrogens is 390 g/mol. The molecule has 0 aromatic heterocycles. The van der Waals surface area contributed by atoms with E-state index in [-0.39, 0.29) is 23.9 Å². The molecule has 2 unspecified atom stereocenters. The van der Waals surface area contributed by atoms with E-state index in [1.807, 2.05) is 29.2 Å². The molecule has 1 heterocycles. The average molecular weight is 424 g/mol. The second-order valence-electron chi connectivity index (χ2n) is 8.16. The molecule has 3 rings (SSSR count). The topological polar surface area (TPSA) is 70.7 Å². The van der Waals surface area contributed by atoms with Crippen LogP contribution in [0.1, 0.15) is 49.8 Å². The number of unbranched alkanes of at least 4 members (excludes halogenated alkanes) is 1. The van der Waals surface area contributed by atoms with E-state index in [2.05, 4.69) is 42.7 Å². The number of carbonyl (C=O) groups is 2. The lowest BCUT2D eigenvalue weighted by molar-refractivity contribution is -0.121. The van der Waals surface area contributed by atoms with Gasteiger partial charge in [0.15, 0.2) is 0 Å². The molecule has 1 fully saturated rings. The van der Waals surface area contributed by atoms with Crippen LogP contribution in [0, 0.1) is 12.8 Å². The number of benzene rings is 2. The maximum Gasteiger partial charge on any atom is 0.317 e. The molecule has 1 aliphatic heterocycles. The lowest BCUT2D eigenvalue weighted by Crippen LogP contribution is -2.49. The predicted molar refractivity (Wildman–Crippen MR) is 123 cm³/mol. The second kappa shape index (κ2) is 10.8. The Balaban J connectivity index is 1.74. The number of piperidine rings is 1. The summed E-state index contributed by atoms with van der Waals surface area (Å²) in [5.74, 6) is 0.365. The predicted octanol–water partition coefficient (Wildman–Crippen LogP) is 4.91. The van der Waals surface area contributed by atoms with Gasteiger partial charge in [-0.2, -0.15) is 0 Å². The van der Waals surface area contributed by atoms with E-state index in [4.69, 9.17) is 4.74 Å². The lowest BCUT2D eigenvalue weighted by Gasteiger charge is -2.39. The largest absolute Gasteiger partial charge is 0.497 e. The molecule has 3 amide bonds. The molecule has 0 spiro atoms. The van der Waals surface area contributed by atoms with E-state index in [9.17, 15) is 9.59 Å². The summed E-state index contributed by atoms with van der Waals surface area (Å²) in [5.41, 5.74) is 2.99. The molecule has 6 nitrogen and oxygen atoms in total. The highest BCUT2D eigenvalue weighted by Gasteiger charge is 2.35. The molecule has 0 bridgehead atoms. The van der Waals surface area contributed by atoms with E-state index in [0.717, 1.165) is 31.2 Å². The fourth-order valence-corrected chi connectivity index (χ4v) is 4.05. The number of aryl methyl sites for hydroxylation is 1. The van der Waals surface area contributed by atoms with Gasteiger partial charge in [0.1, 0.15) is 5.75 Å². The maximum absolute atomic E-state index is 13.0. The summed E-state index contributed by atoms with van der Waals surface area (Å²) < 4.78 is 5.24. The summed E-state index contributed by atoms with van der Waals surface area (Å²) in [5, 5.41) is 6.02. The van der Waals surface area contributed by atoms with Crippen molar-refractivity contribution in [1.29, 1.82) is 0 Å². The third kappa shape index (κ3) is 6.00. The molecule has 2 aromatic carbocycles. The number of carbonyl (C=O) groups excluding carboxylic acids is 2. The number of nitrogens with zero attached hydrogens (tertiary/aromatic N) is 1. The minimum atomic E-state index is -0.260. The van der Waals surface area contributed by atoms with Crippen molar-refractivity contribution in [2.75, 3.05) is 25.5 Å². The Kier molecular flexibility index (Phi) is 7.93. The monoisotopic (exact) mass is 423 g/mol. The molecule has 2 atom stereocenters. The number of amides is 3. The number of urea groups is 1. The summed E-state index contributed by atoms with van der Waals surface area (Å²) in [6, 6.07) is 15.5. The van der Waals surface area contributed by atoms with Gasteiger partial charge in [-0.25, -0.2) is 4.79 Å². The third-order valence-electron chi connectivity index (χ3n) is 5.78. The van der Waals surface area contributed by atoms with Crippen LogP contribution >= 0.6 is 0 Å². The van der Waals surface area contributed by atoms with E-state index in [0.29, 0.717) is 24.5 Å². The molecule has 31 heavy (non-hydrogen) atoms. The average Bonchev–Trinajstić information content (AvgIpc) is 2.79. The van der Waals surface area contributed by atoms with E-state index in [1.54, 1.807) is 13.2 Å². The van der Waals surface area contributed by atoms with Gasteiger partial charge in [0.25, 0.3) is 0 Å². The maximum atomic E-state index is 13.0. The summed E-state index contributed by atoms with van der Waals surface area (Å²) in [7, 11) is 1.60. The van der Waals surface area contributed by atoms with Gasteiger partial charge in [-0.05, 0) is 43.9 Å². The normalized spacial score (nSPS) is 18.4. The zero-order valence-electron chi connectivity index (χ0n) is 18.7. The quantitative estimate of drug-likeness (QED) is 0.622. The fourth-order valence-electron chi connectivity index (χ4n) is 4.05. The Bertz CT molecular complexity index is 899. The van der Waals surface area contributed by atoms with Gasteiger partial charge in [0.05, 0.1) is 19.1 Å². The van der Waals surface area contributed by atoms with Crippen molar-refractivity contribution < 1.29 is 14.3 Å². The number of rotatable bonds is 7. The molecule has 1 aliphatic rings. The number of anilines is 1. The van der Waals surface area contributed by atoms with Crippen LogP contribution in [0.15, 0.2) is 48.5 Å². The van der Waals surface area contributed by atoms with Gasteiger partial charge < -0.3 is 20.3 Å². The minimum absolute atomic E-state index is 0.0256. The smallest absolute Gasteiger partial charge is 0.317 e. The molecule has 6 heteroatoms. The van der Waals surface area contributed by atoms with Crippen molar-refractivity contribution >= 4 is 17.6 Å². The van der Waals surface area contributed by atoms with E-state index in [1.165, 1.54) is 5.56 Å². The van der Waals surface area contributed by atoms with Crippen molar-refractivity contribution in [3.8, 4) is 5.75 Å². The summed E-state index contributed by atoms with van der Waals surface area (Å²) >= 11 is 0. The lowest BCUT2D eigenvalue weighted by atomic mass is 9.88. The van der Waals surface area contributed by atoms with Crippen molar-refractivity contribution in [3.63, 3.8) is 0 Å². The first kappa shape index (κ1) is 22.7. The molecule has 2 aromatic rings. The summed E-state index contributed by atoms with van der Waals surface area (Å²) in [6.07, 6.45) is 3.44.